The second-order valence-corrected chi connectivity index (χ2v) is 10.7. The Hall–Kier alpha value is -3.58. The van der Waals surface area contributed by atoms with Crippen molar-refractivity contribution in [3.8, 4) is 9.88 Å². The third kappa shape index (κ3) is 7.71. The summed E-state index contributed by atoms with van der Waals surface area (Å²) in [5, 5.41) is 10.4. The van der Waals surface area contributed by atoms with Gasteiger partial charge in [-0.2, -0.15) is 0 Å². The number of thiophene rings is 1. The van der Waals surface area contributed by atoms with E-state index in [1.165, 1.54) is 18.4 Å². The summed E-state index contributed by atoms with van der Waals surface area (Å²) in [4.78, 5) is 31.4. The van der Waals surface area contributed by atoms with Crippen molar-refractivity contribution >= 4 is 51.6 Å². The number of thiazole rings is 1. The Labute approximate surface area is 230 Å². The second-order valence-electron chi connectivity index (χ2n) is 8.23. The minimum absolute atomic E-state index is 0.276. The molecule has 9 nitrogen and oxygen atoms in total. The maximum atomic E-state index is 13.5. The molecule has 0 fully saturated rings. The first-order valence-corrected chi connectivity index (χ1v) is 14.4. The van der Waals surface area contributed by atoms with Crippen LogP contribution in [0.15, 0.2) is 77.5 Å². The van der Waals surface area contributed by atoms with E-state index in [2.05, 4.69) is 15.4 Å². The van der Waals surface area contributed by atoms with E-state index in [1.807, 2.05) is 53.2 Å². The maximum Gasteiger partial charge on any atom is 0.407 e. The van der Waals surface area contributed by atoms with Crippen LogP contribution in [0.2, 0.25) is 0 Å². The molecule has 12 heteroatoms. The zero-order valence-electron chi connectivity index (χ0n) is 20.3. The standard InChI is InChI=1S/C26H26N4O5S3/c1-35-26(32)29-21(15-17-6-3-2-4-7-17)24(31)27-20(14-18-9-11-19(12-10-18)30-38(33)34)22-16-37-25(28-22)23-8-5-13-36-23/h2-13,16,20-21,30H,14-15H2,1H3,(H,27,31)(H,29,32)(H,33,34)/p-1/t20-,21-/m1/s1. The first kappa shape index (κ1) is 27.5. The number of aromatic nitrogens is 1. The molecule has 38 heavy (non-hydrogen) atoms. The molecule has 1 unspecified atom stereocenters. The lowest BCUT2D eigenvalue weighted by molar-refractivity contribution is -0.123. The van der Waals surface area contributed by atoms with Gasteiger partial charge in [0.1, 0.15) is 11.0 Å². The number of ether oxygens (including phenoxy) is 1. The number of methoxy groups -OCH3 is 1. The molecule has 198 valence electrons. The van der Waals surface area contributed by atoms with Gasteiger partial charge in [0.2, 0.25) is 5.91 Å². The normalized spacial score (nSPS) is 13.2. The first-order chi connectivity index (χ1) is 18.4. The van der Waals surface area contributed by atoms with Crippen molar-refractivity contribution in [2.45, 2.75) is 24.9 Å². The van der Waals surface area contributed by atoms with Crippen LogP contribution in [0, 0.1) is 0 Å². The molecule has 0 bridgehead atoms. The number of carbonyl (C=O) groups excluding carboxylic acids is 2. The Morgan fingerprint density at radius 2 is 1.71 bits per heavy atom. The quantitative estimate of drug-likeness (QED) is 0.229. The van der Waals surface area contributed by atoms with Crippen LogP contribution in [0.5, 0.6) is 0 Å². The molecule has 2 amide bonds. The van der Waals surface area contributed by atoms with Gasteiger partial charge in [0.05, 0.1) is 23.7 Å². The molecule has 0 spiro atoms. The zero-order valence-corrected chi connectivity index (χ0v) is 22.7. The molecule has 0 aliphatic heterocycles. The molecule has 3 atom stereocenters. The van der Waals surface area contributed by atoms with E-state index >= 15 is 0 Å². The Morgan fingerprint density at radius 1 is 0.974 bits per heavy atom. The van der Waals surface area contributed by atoms with Crippen molar-refractivity contribution in [1.82, 2.24) is 15.6 Å². The van der Waals surface area contributed by atoms with Crippen molar-refractivity contribution in [3.63, 3.8) is 0 Å². The van der Waals surface area contributed by atoms with Crippen molar-refractivity contribution in [1.29, 1.82) is 0 Å². The van der Waals surface area contributed by atoms with E-state index in [1.54, 1.807) is 35.6 Å². The van der Waals surface area contributed by atoms with Gasteiger partial charge in [-0.15, -0.1) is 22.7 Å². The fourth-order valence-electron chi connectivity index (χ4n) is 3.76. The molecule has 2 heterocycles. The summed E-state index contributed by atoms with van der Waals surface area (Å²) < 4.78 is 28.9. The van der Waals surface area contributed by atoms with Crippen molar-refractivity contribution in [2.24, 2.45) is 0 Å². The molecule has 4 rings (SSSR count). The number of amides is 2. The van der Waals surface area contributed by atoms with Crippen molar-refractivity contribution < 1.29 is 23.1 Å². The van der Waals surface area contributed by atoms with Gasteiger partial charge in [-0.3, -0.25) is 9.00 Å². The summed E-state index contributed by atoms with van der Waals surface area (Å²) in [5.41, 5.74) is 2.87. The van der Waals surface area contributed by atoms with Crippen LogP contribution in [0.3, 0.4) is 0 Å². The number of carbonyl (C=O) groups is 2. The Bertz CT molecular complexity index is 1360. The highest BCUT2D eigenvalue weighted by Crippen LogP contribution is 2.31. The van der Waals surface area contributed by atoms with Crippen LogP contribution in [0.4, 0.5) is 10.5 Å². The average Bonchev–Trinajstić information content (AvgIpc) is 3.62. The molecule has 0 aliphatic carbocycles. The number of hydrogen-bond donors (Lipinski definition) is 3. The molecule has 0 saturated heterocycles. The minimum Gasteiger partial charge on any atom is -0.755 e. The molecule has 4 aromatic rings. The summed E-state index contributed by atoms with van der Waals surface area (Å²) in [6, 6.07) is 18.8. The van der Waals surface area contributed by atoms with E-state index in [0.29, 0.717) is 17.8 Å². The van der Waals surface area contributed by atoms with E-state index in [-0.39, 0.29) is 12.3 Å². The van der Waals surface area contributed by atoms with E-state index in [0.717, 1.165) is 21.0 Å². The van der Waals surface area contributed by atoms with Gasteiger partial charge in [-0.05, 0) is 41.1 Å². The van der Waals surface area contributed by atoms with Crippen LogP contribution in [0.1, 0.15) is 22.9 Å². The number of benzene rings is 2. The molecule has 2 aromatic carbocycles. The van der Waals surface area contributed by atoms with Crippen LogP contribution in [0.25, 0.3) is 9.88 Å². The molecular formula is C26H25N4O5S3-. The lowest BCUT2D eigenvalue weighted by Crippen LogP contribution is -2.49. The molecule has 0 aliphatic rings. The molecule has 2 aromatic heterocycles. The molecular weight excluding hydrogens is 545 g/mol. The van der Waals surface area contributed by atoms with Crippen molar-refractivity contribution in [3.05, 3.63) is 94.3 Å². The van der Waals surface area contributed by atoms with E-state index in [4.69, 9.17) is 9.72 Å². The fourth-order valence-corrected chi connectivity index (χ4v) is 5.78. The highest BCUT2D eigenvalue weighted by atomic mass is 32.2. The van der Waals surface area contributed by atoms with Gasteiger partial charge >= 0.3 is 6.09 Å². The Morgan fingerprint density at radius 3 is 2.37 bits per heavy atom. The lowest BCUT2D eigenvalue weighted by atomic mass is 10.0. The molecule has 0 radical (unpaired) electrons. The van der Waals surface area contributed by atoms with Gasteiger partial charge in [0.25, 0.3) is 0 Å². The van der Waals surface area contributed by atoms with Gasteiger partial charge in [0.15, 0.2) is 0 Å². The highest BCUT2D eigenvalue weighted by molar-refractivity contribution is 7.80. The van der Waals surface area contributed by atoms with E-state index < -0.39 is 29.4 Å². The second kappa shape index (κ2) is 13.3. The smallest absolute Gasteiger partial charge is 0.407 e. The summed E-state index contributed by atoms with van der Waals surface area (Å²) in [5.74, 6) is -0.380. The van der Waals surface area contributed by atoms with E-state index in [9.17, 15) is 18.4 Å². The third-order valence-corrected chi connectivity index (χ3v) is 7.90. The predicted molar refractivity (Wildman–Crippen MR) is 148 cm³/mol. The minimum atomic E-state index is -2.42. The van der Waals surface area contributed by atoms with Crippen LogP contribution in [-0.4, -0.2) is 38.9 Å². The van der Waals surface area contributed by atoms with Crippen LogP contribution in [-0.2, 0) is 33.6 Å². The van der Waals surface area contributed by atoms with Gasteiger partial charge in [-0.1, -0.05) is 48.5 Å². The Kier molecular flexibility index (Phi) is 9.60. The SMILES string of the molecule is COC(=O)N[C@H](Cc1ccccc1)C(=O)N[C@H](Cc1ccc(NS(=O)[O-])cc1)c1csc(-c2cccs2)n1. The zero-order chi connectivity index (χ0) is 26.9. The fraction of sp³-hybridized carbons (Fsp3) is 0.192. The van der Waals surface area contributed by atoms with Crippen LogP contribution < -0.4 is 15.4 Å². The number of anilines is 1. The summed E-state index contributed by atoms with van der Waals surface area (Å²) in [6.07, 6.45) is -0.0279. The summed E-state index contributed by atoms with van der Waals surface area (Å²) in [6.45, 7) is 0. The first-order valence-electron chi connectivity index (χ1n) is 11.5. The van der Waals surface area contributed by atoms with Crippen LogP contribution >= 0.6 is 22.7 Å². The maximum absolute atomic E-state index is 13.5. The average molecular weight is 570 g/mol. The van der Waals surface area contributed by atoms with Gasteiger partial charge < -0.3 is 24.6 Å². The topological polar surface area (TPSA) is 132 Å². The number of alkyl carbamates (subject to hydrolysis) is 1. The number of rotatable bonds is 11. The predicted octanol–water partition coefficient (Wildman–Crippen LogP) is 4.44. The number of hydrogen-bond acceptors (Lipinski definition) is 8. The highest BCUT2D eigenvalue weighted by Gasteiger charge is 2.26. The third-order valence-electron chi connectivity index (χ3n) is 5.60. The summed E-state index contributed by atoms with van der Waals surface area (Å²) in [7, 11) is 1.25. The monoisotopic (exact) mass is 569 g/mol. The summed E-state index contributed by atoms with van der Waals surface area (Å²) >= 11 is 0.649. The van der Waals surface area contributed by atoms with Gasteiger partial charge in [0, 0.05) is 28.8 Å². The molecule has 0 saturated carbocycles. The molecule has 3 N–H and O–H groups in total. The number of nitrogens with one attached hydrogen (secondary N) is 3. The largest absolute Gasteiger partial charge is 0.755 e. The Balaban J connectivity index is 1.58. The van der Waals surface area contributed by atoms with Gasteiger partial charge in [-0.25, -0.2) is 9.78 Å². The number of nitrogens with zero attached hydrogens (tertiary/aromatic N) is 1. The lowest BCUT2D eigenvalue weighted by Gasteiger charge is -2.23. The van der Waals surface area contributed by atoms with Crippen molar-refractivity contribution in [2.75, 3.05) is 11.8 Å².